The molecule has 0 aliphatic rings. The van der Waals surface area contributed by atoms with Gasteiger partial charge >= 0.3 is 34.1 Å². The molecule has 1 heterocycles. The molecule has 0 N–H and O–H groups in total. The fourth-order valence-corrected chi connectivity index (χ4v) is 3.34. The van der Waals surface area contributed by atoms with E-state index in [0.717, 1.165) is 11.4 Å². The van der Waals surface area contributed by atoms with Crippen molar-refractivity contribution in [3.8, 4) is 11.5 Å². The van der Waals surface area contributed by atoms with Gasteiger partial charge in [-0.15, -0.1) is 11.5 Å². The van der Waals surface area contributed by atoms with E-state index in [4.69, 9.17) is 0 Å². The number of hydrogen-bond acceptors (Lipinski definition) is 4. The molecule has 3 aromatic rings. The van der Waals surface area contributed by atoms with Crippen LogP contribution in [0.3, 0.4) is 0 Å². The molecule has 0 bridgehead atoms. The SMILES string of the molecule is CC(C)(C)c1ccc(C(C)(C)C)c([O-])c1[O-].Cc1cccc(C)c1N=Cc1ccccn1.[Cu+].[Cu+]. The van der Waals surface area contributed by atoms with Gasteiger partial charge < -0.3 is 10.2 Å². The minimum atomic E-state index is -0.347. The normalized spacial score (nSPS) is 11.2. The van der Waals surface area contributed by atoms with E-state index in [1.807, 2.05) is 65.8 Å². The third kappa shape index (κ3) is 8.60. The molecule has 34 heavy (non-hydrogen) atoms. The zero-order valence-corrected chi connectivity index (χ0v) is 23.0. The van der Waals surface area contributed by atoms with E-state index in [1.54, 1.807) is 24.5 Å². The van der Waals surface area contributed by atoms with Gasteiger partial charge in [-0.25, -0.2) is 0 Å². The van der Waals surface area contributed by atoms with Crippen LogP contribution in [0.4, 0.5) is 5.69 Å². The molecule has 0 saturated heterocycles. The van der Waals surface area contributed by atoms with Crippen LogP contribution in [0, 0.1) is 13.8 Å². The Morgan fingerprint density at radius 3 is 1.56 bits per heavy atom. The third-order valence-electron chi connectivity index (χ3n) is 5.18. The molecule has 0 saturated carbocycles. The van der Waals surface area contributed by atoms with Crippen molar-refractivity contribution in [1.82, 2.24) is 4.98 Å². The molecular weight excluding hydrogens is 523 g/mol. The average molecular weight is 558 g/mol. The maximum Gasteiger partial charge on any atom is 1.00 e. The second-order valence-electron chi connectivity index (χ2n) is 10.1. The molecule has 0 radical (unpaired) electrons. The molecule has 0 amide bonds. The standard InChI is InChI=1S/C14H14N2.C14H22O2.2Cu/c1-11-6-5-7-12(2)14(11)16-10-13-8-3-4-9-15-13;1-13(2,3)9-7-8-10(14(4,5)6)12(16)11(9)15;;/h3-10H,1-2H3;7-8,15-16H,1-6H3;;/q;;2*+1/p-2. The number of nitrogens with zero attached hydrogens (tertiary/aromatic N) is 2. The predicted octanol–water partition coefficient (Wildman–Crippen LogP) is 5.87. The van der Waals surface area contributed by atoms with Gasteiger partial charge in [-0.2, -0.15) is 0 Å². The van der Waals surface area contributed by atoms with Gasteiger partial charge in [-0.05, 0) is 47.9 Å². The minimum Gasteiger partial charge on any atom is -0.873 e. The predicted molar refractivity (Wildman–Crippen MR) is 130 cm³/mol. The third-order valence-corrected chi connectivity index (χ3v) is 5.18. The first-order valence-electron chi connectivity index (χ1n) is 10.9. The number of hydrogen-bond donors (Lipinski definition) is 0. The van der Waals surface area contributed by atoms with E-state index in [2.05, 4.69) is 36.0 Å². The Balaban J connectivity index is 0.000000605. The van der Waals surface area contributed by atoms with Gasteiger partial charge in [0.1, 0.15) is 0 Å². The Kier molecular flexibility index (Phi) is 12.3. The maximum atomic E-state index is 12.0. The molecule has 0 atom stereocenters. The first-order chi connectivity index (χ1) is 14.8. The van der Waals surface area contributed by atoms with E-state index < -0.39 is 0 Å². The van der Waals surface area contributed by atoms with E-state index in [9.17, 15) is 10.2 Å². The Labute approximate surface area is 225 Å². The summed E-state index contributed by atoms with van der Waals surface area (Å²) in [6, 6.07) is 15.6. The number of aliphatic imine (C=N–C) groups is 1. The van der Waals surface area contributed by atoms with Crippen molar-refractivity contribution in [3.63, 3.8) is 0 Å². The Hall–Kier alpha value is -2.10. The minimum absolute atomic E-state index is 0. The van der Waals surface area contributed by atoms with Crippen LogP contribution >= 0.6 is 0 Å². The summed E-state index contributed by atoms with van der Waals surface area (Å²) in [4.78, 5) is 8.69. The van der Waals surface area contributed by atoms with Gasteiger partial charge in [-0.3, -0.25) is 9.98 Å². The van der Waals surface area contributed by atoms with Crippen molar-refractivity contribution >= 4 is 11.9 Å². The van der Waals surface area contributed by atoms with Gasteiger partial charge in [0.25, 0.3) is 0 Å². The molecule has 1 aromatic heterocycles. The molecule has 0 unspecified atom stereocenters. The van der Waals surface area contributed by atoms with Gasteiger partial charge in [0.15, 0.2) is 0 Å². The van der Waals surface area contributed by atoms with Gasteiger partial charge in [0.2, 0.25) is 0 Å². The molecule has 2 aromatic carbocycles. The van der Waals surface area contributed by atoms with E-state index in [-0.39, 0.29) is 56.5 Å². The van der Waals surface area contributed by atoms with Crippen LogP contribution in [0.2, 0.25) is 0 Å². The molecular formula is C28H34Cu2N2O2. The summed E-state index contributed by atoms with van der Waals surface area (Å²) in [5.74, 6) is -0.695. The summed E-state index contributed by atoms with van der Waals surface area (Å²) in [7, 11) is 0. The summed E-state index contributed by atoms with van der Waals surface area (Å²) in [5.41, 5.74) is 4.95. The summed E-state index contributed by atoms with van der Waals surface area (Å²) >= 11 is 0. The van der Waals surface area contributed by atoms with Gasteiger partial charge in [-0.1, -0.05) is 89.1 Å². The summed E-state index contributed by atoms with van der Waals surface area (Å²) in [6.45, 7) is 15.8. The first kappa shape index (κ1) is 31.9. The molecule has 0 spiro atoms. The van der Waals surface area contributed by atoms with Crippen LogP contribution in [-0.4, -0.2) is 11.2 Å². The van der Waals surface area contributed by atoms with Crippen LogP contribution in [0.25, 0.3) is 0 Å². The van der Waals surface area contributed by atoms with Crippen molar-refractivity contribution < 1.29 is 44.4 Å². The molecule has 0 aliphatic heterocycles. The summed E-state index contributed by atoms with van der Waals surface area (Å²) in [5, 5.41) is 23.9. The largest absolute Gasteiger partial charge is 1.00 e. The monoisotopic (exact) mass is 556 g/mol. The Bertz CT molecular complexity index is 1020. The van der Waals surface area contributed by atoms with Gasteiger partial charge in [0.05, 0.1) is 17.6 Å². The average Bonchev–Trinajstić information content (AvgIpc) is 2.69. The quantitative estimate of drug-likeness (QED) is 0.292. The molecule has 3 rings (SSSR count). The number of benzene rings is 2. The molecule has 0 fully saturated rings. The second-order valence-corrected chi connectivity index (χ2v) is 10.1. The first-order valence-corrected chi connectivity index (χ1v) is 10.9. The van der Waals surface area contributed by atoms with Crippen LogP contribution in [-0.2, 0) is 45.0 Å². The maximum absolute atomic E-state index is 12.0. The molecule has 190 valence electrons. The van der Waals surface area contributed by atoms with Crippen LogP contribution in [0.15, 0.2) is 59.7 Å². The number of aryl methyl sites for hydroxylation is 2. The summed E-state index contributed by atoms with van der Waals surface area (Å²) in [6.07, 6.45) is 3.57. The van der Waals surface area contributed by atoms with Crippen molar-refractivity contribution in [3.05, 3.63) is 82.7 Å². The number of rotatable bonds is 2. The zero-order valence-electron chi connectivity index (χ0n) is 21.1. The molecule has 6 heteroatoms. The summed E-state index contributed by atoms with van der Waals surface area (Å²) < 4.78 is 0. The fraction of sp³-hybridized carbons (Fsp3) is 0.357. The molecule has 0 aliphatic carbocycles. The van der Waals surface area contributed by atoms with E-state index >= 15 is 0 Å². The van der Waals surface area contributed by atoms with Crippen LogP contribution in [0.1, 0.15) is 69.5 Å². The smallest absolute Gasteiger partial charge is 0.873 e. The zero-order chi connectivity index (χ0) is 24.1. The Morgan fingerprint density at radius 2 is 1.18 bits per heavy atom. The van der Waals surface area contributed by atoms with E-state index in [0.29, 0.717) is 11.1 Å². The number of pyridine rings is 1. The topological polar surface area (TPSA) is 71.4 Å². The molecule has 4 nitrogen and oxygen atoms in total. The van der Waals surface area contributed by atoms with Crippen molar-refractivity contribution in [2.75, 3.05) is 0 Å². The number of aromatic nitrogens is 1. The number of para-hydroxylation sites is 1. The van der Waals surface area contributed by atoms with Gasteiger partial charge in [0, 0.05) is 6.20 Å². The second kappa shape index (κ2) is 13.1. The van der Waals surface area contributed by atoms with Crippen LogP contribution < -0.4 is 10.2 Å². The van der Waals surface area contributed by atoms with E-state index in [1.165, 1.54) is 11.1 Å². The van der Waals surface area contributed by atoms with Crippen molar-refractivity contribution in [2.45, 2.75) is 66.2 Å². The fourth-order valence-electron chi connectivity index (χ4n) is 3.34. The Morgan fingerprint density at radius 1 is 0.706 bits per heavy atom. The van der Waals surface area contributed by atoms with Crippen molar-refractivity contribution in [1.29, 1.82) is 0 Å². The van der Waals surface area contributed by atoms with Crippen LogP contribution in [0.5, 0.6) is 11.5 Å². The van der Waals surface area contributed by atoms with Crippen molar-refractivity contribution in [2.24, 2.45) is 4.99 Å².